The molecule has 1 aliphatic heterocycles. The van der Waals surface area contributed by atoms with Crippen LogP contribution >= 0.6 is 11.6 Å². The smallest absolute Gasteiger partial charge is 0.355 e. The molecule has 1 atom stereocenters. The number of alkyl halides is 3. The van der Waals surface area contributed by atoms with Crippen molar-refractivity contribution in [2.45, 2.75) is 31.6 Å². The van der Waals surface area contributed by atoms with Gasteiger partial charge in [-0.15, -0.1) is 0 Å². The molecule has 140 valence electrons. The van der Waals surface area contributed by atoms with E-state index in [9.17, 15) is 13.2 Å². The summed E-state index contributed by atoms with van der Waals surface area (Å²) in [5.41, 5.74) is 0.133. The van der Waals surface area contributed by atoms with Gasteiger partial charge < -0.3 is 4.90 Å². The van der Waals surface area contributed by atoms with Crippen molar-refractivity contribution < 1.29 is 13.2 Å². The summed E-state index contributed by atoms with van der Waals surface area (Å²) >= 11 is 5.81. The lowest BCUT2D eigenvalue weighted by atomic mass is 10.0. The number of rotatable bonds is 4. The van der Waals surface area contributed by atoms with Crippen LogP contribution in [0.4, 0.5) is 19.0 Å². The number of nitrogens with zero attached hydrogens (tertiary/aromatic N) is 5. The Morgan fingerprint density at radius 1 is 1.27 bits per heavy atom. The Kier molecular flexibility index (Phi) is 5.62. The number of piperidine rings is 1. The lowest BCUT2D eigenvalue weighted by Crippen LogP contribution is -2.46. The minimum absolute atomic E-state index is 0.0833. The Hall–Kier alpha value is -1.93. The van der Waals surface area contributed by atoms with Gasteiger partial charge in [-0.1, -0.05) is 17.7 Å². The van der Waals surface area contributed by atoms with E-state index >= 15 is 0 Å². The maximum Gasteiger partial charge on any atom is 0.433 e. The first-order valence-corrected chi connectivity index (χ1v) is 8.65. The second-order valence-corrected chi connectivity index (χ2v) is 6.78. The van der Waals surface area contributed by atoms with Crippen molar-refractivity contribution in [2.24, 2.45) is 0 Å². The van der Waals surface area contributed by atoms with Gasteiger partial charge in [-0.3, -0.25) is 4.90 Å². The highest BCUT2D eigenvalue weighted by Gasteiger charge is 2.33. The molecule has 0 aliphatic carbocycles. The number of likely N-dealkylation sites (tertiary alicyclic amines) is 1. The molecule has 1 aliphatic rings. The van der Waals surface area contributed by atoms with Crippen LogP contribution in [0.15, 0.2) is 30.7 Å². The minimum atomic E-state index is -4.47. The van der Waals surface area contributed by atoms with Crippen LogP contribution in [0.1, 0.15) is 24.1 Å². The molecular weight excluding hydrogens is 367 g/mol. The zero-order chi connectivity index (χ0) is 18.7. The van der Waals surface area contributed by atoms with E-state index in [1.54, 1.807) is 19.3 Å². The number of likely N-dealkylation sites (N-methyl/N-ethyl adjacent to an activating group) is 1. The Morgan fingerprint density at radius 2 is 2.08 bits per heavy atom. The molecule has 0 N–H and O–H groups in total. The van der Waals surface area contributed by atoms with E-state index in [0.29, 0.717) is 5.15 Å². The molecule has 0 spiro atoms. The topological polar surface area (TPSA) is 45.2 Å². The third kappa shape index (κ3) is 4.62. The second-order valence-electron chi connectivity index (χ2n) is 6.39. The van der Waals surface area contributed by atoms with E-state index in [1.165, 1.54) is 0 Å². The number of halogens is 4. The summed E-state index contributed by atoms with van der Waals surface area (Å²) in [5, 5.41) is 0.453. The van der Waals surface area contributed by atoms with Gasteiger partial charge in [-0.2, -0.15) is 13.2 Å². The average molecular weight is 386 g/mol. The molecule has 1 saturated heterocycles. The third-order valence-corrected chi connectivity index (χ3v) is 4.75. The number of pyridine rings is 1. The van der Waals surface area contributed by atoms with Gasteiger partial charge in [-0.25, -0.2) is 15.0 Å². The molecule has 1 unspecified atom stereocenters. The van der Waals surface area contributed by atoms with Crippen LogP contribution in [-0.2, 0) is 12.7 Å². The van der Waals surface area contributed by atoms with Crippen molar-refractivity contribution in [3.63, 3.8) is 0 Å². The largest absolute Gasteiger partial charge is 0.433 e. The zero-order valence-electron chi connectivity index (χ0n) is 14.2. The quantitative estimate of drug-likeness (QED) is 0.752. The van der Waals surface area contributed by atoms with Gasteiger partial charge in [0, 0.05) is 38.4 Å². The van der Waals surface area contributed by atoms with E-state index in [1.807, 2.05) is 11.0 Å². The normalized spacial score (nSPS) is 18.7. The fraction of sp³-hybridized carbons (Fsp3) is 0.471. The lowest BCUT2D eigenvalue weighted by Gasteiger charge is -2.38. The molecule has 26 heavy (non-hydrogen) atoms. The van der Waals surface area contributed by atoms with Crippen LogP contribution < -0.4 is 4.90 Å². The molecule has 0 bridgehead atoms. The van der Waals surface area contributed by atoms with Gasteiger partial charge in [0.05, 0.1) is 0 Å². The Morgan fingerprint density at radius 3 is 2.77 bits per heavy atom. The number of aromatic nitrogens is 3. The fourth-order valence-corrected chi connectivity index (χ4v) is 3.24. The summed E-state index contributed by atoms with van der Waals surface area (Å²) in [6, 6.07) is 4.77. The van der Waals surface area contributed by atoms with Crippen molar-refractivity contribution in [1.82, 2.24) is 19.9 Å². The van der Waals surface area contributed by atoms with E-state index in [4.69, 9.17) is 11.6 Å². The minimum Gasteiger partial charge on any atom is -0.355 e. The van der Waals surface area contributed by atoms with Crippen LogP contribution in [0.2, 0.25) is 5.15 Å². The first-order chi connectivity index (χ1) is 12.3. The van der Waals surface area contributed by atoms with E-state index in [-0.39, 0.29) is 11.9 Å². The fourth-order valence-electron chi connectivity index (χ4n) is 3.13. The van der Waals surface area contributed by atoms with Gasteiger partial charge in [0.25, 0.3) is 0 Å². The van der Waals surface area contributed by atoms with Crippen molar-refractivity contribution in [2.75, 3.05) is 25.0 Å². The summed E-state index contributed by atoms with van der Waals surface area (Å²) in [6.45, 7) is 2.40. The van der Waals surface area contributed by atoms with Crippen LogP contribution in [0.5, 0.6) is 0 Å². The highest BCUT2D eigenvalue weighted by Crippen LogP contribution is 2.30. The predicted octanol–water partition coefficient (Wildman–Crippen LogP) is 3.64. The van der Waals surface area contributed by atoms with Crippen LogP contribution in [0.25, 0.3) is 0 Å². The molecule has 2 aromatic heterocycles. The van der Waals surface area contributed by atoms with Gasteiger partial charge in [-0.05, 0) is 31.0 Å². The first-order valence-electron chi connectivity index (χ1n) is 8.28. The summed E-state index contributed by atoms with van der Waals surface area (Å²) in [4.78, 5) is 15.5. The second kappa shape index (κ2) is 7.75. The molecule has 3 rings (SSSR count). The van der Waals surface area contributed by atoms with Crippen molar-refractivity contribution in [3.8, 4) is 0 Å². The molecule has 9 heteroatoms. The molecule has 2 aromatic rings. The molecule has 0 radical (unpaired) electrons. The maximum absolute atomic E-state index is 12.9. The summed E-state index contributed by atoms with van der Waals surface area (Å²) in [7, 11) is 1.78. The third-order valence-electron chi connectivity index (χ3n) is 4.53. The van der Waals surface area contributed by atoms with Gasteiger partial charge in [0.2, 0.25) is 0 Å². The van der Waals surface area contributed by atoms with Crippen LogP contribution in [-0.4, -0.2) is 46.0 Å². The zero-order valence-corrected chi connectivity index (χ0v) is 15.0. The molecule has 0 saturated carbocycles. The molecule has 0 amide bonds. The SMILES string of the molecule is CN(c1cc(C(F)(F)F)ncn1)C1CCCN(Cc2ccc(Cl)nc2)C1. The van der Waals surface area contributed by atoms with Gasteiger partial charge in [0.1, 0.15) is 23.0 Å². The monoisotopic (exact) mass is 385 g/mol. The summed E-state index contributed by atoms with van der Waals surface area (Å²) in [6.07, 6.45) is 0.105. The molecule has 1 fully saturated rings. The Balaban J connectivity index is 1.68. The van der Waals surface area contributed by atoms with Crippen LogP contribution in [0, 0.1) is 0 Å². The van der Waals surface area contributed by atoms with E-state index in [2.05, 4.69) is 19.9 Å². The van der Waals surface area contributed by atoms with Crippen molar-refractivity contribution >= 4 is 17.4 Å². The Labute approximate surface area is 154 Å². The Bertz CT molecular complexity index is 738. The number of anilines is 1. The maximum atomic E-state index is 12.9. The lowest BCUT2D eigenvalue weighted by molar-refractivity contribution is -0.141. The molecule has 0 aromatic carbocycles. The first kappa shape index (κ1) is 18.8. The predicted molar refractivity (Wildman–Crippen MR) is 93.0 cm³/mol. The van der Waals surface area contributed by atoms with Gasteiger partial charge >= 0.3 is 6.18 Å². The van der Waals surface area contributed by atoms with Gasteiger partial charge in [0.15, 0.2) is 0 Å². The van der Waals surface area contributed by atoms with Crippen molar-refractivity contribution in [3.05, 3.63) is 47.1 Å². The highest BCUT2D eigenvalue weighted by atomic mass is 35.5. The molecule has 3 heterocycles. The van der Waals surface area contributed by atoms with E-state index in [0.717, 1.165) is 50.4 Å². The summed E-state index contributed by atoms with van der Waals surface area (Å²) in [5.74, 6) is 0.285. The highest BCUT2D eigenvalue weighted by molar-refractivity contribution is 6.29. The number of hydrogen-bond donors (Lipinski definition) is 0. The van der Waals surface area contributed by atoms with Crippen molar-refractivity contribution in [1.29, 1.82) is 0 Å². The van der Waals surface area contributed by atoms with Crippen LogP contribution in [0.3, 0.4) is 0 Å². The standard InChI is InChI=1S/C17H19ClF3N5/c1-25(16-7-14(17(19,20)21)23-11-24-16)13-3-2-6-26(10-13)9-12-4-5-15(18)22-8-12/h4-5,7-8,11,13H,2-3,6,9-10H2,1H3. The summed E-state index contributed by atoms with van der Waals surface area (Å²) < 4.78 is 38.6. The number of hydrogen-bond acceptors (Lipinski definition) is 5. The molecular formula is C17H19ClF3N5. The average Bonchev–Trinajstić information content (AvgIpc) is 2.63. The van der Waals surface area contributed by atoms with E-state index < -0.39 is 11.9 Å². The molecule has 5 nitrogen and oxygen atoms in total.